The minimum Gasteiger partial charge on any atom is -0.381 e. The van der Waals surface area contributed by atoms with E-state index in [2.05, 4.69) is 17.6 Å². The first kappa shape index (κ1) is 8.97. The smallest absolute Gasteiger partial charge is 0.0614 e. The van der Waals surface area contributed by atoms with E-state index in [1.54, 1.807) is 0 Å². The second-order valence-electron chi connectivity index (χ2n) is 3.24. The summed E-state index contributed by atoms with van der Waals surface area (Å²) < 4.78 is 0. The van der Waals surface area contributed by atoms with Gasteiger partial charge in [0.15, 0.2) is 0 Å². The van der Waals surface area contributed by atoms with Crippen LogP contribution >= 0.6 is 23.2 Å². The number of halogens is 2. The van der Waals surface area contributed by atoms with Gasteiger partial charge in [0.2, 0.25) is 0 Å². The van der Waals surface area contributed by atoms with Gasteiger partial charge in [-0.25, -0.2) is 0 Å². The van der Waals surface area contributed by atoms with Crippen LogP contribution < -0.4 is 10.6 Å². The lowest BCUT2D eigenvalue weighted by Gasteiger charge is -2.26. The van der Waals surface area contributed by atoms with Crippen LogP contribution in [0.3, 0.4) is 0 Å². The van der Waals surface area contributed by atoms with Crippen molar-refractivity contribution in [3.05, 3.63) is 22.2 Å². The third-order valence-corrected chi connectivity index (χ3v) is 2.78. The van der Waals surface area contributed by atoms with Gasteiger partial charge in [0, 0.05) is 12.6 Å². The Morgan fingerprint density at radius 1 is 1.23 bits per heavy atom. The molecule has 2 nitrogen and oxygen atoms in total. The SMILES string of the molecule is C[C@@H]1CNc2cc(Cl)c(Cl)cc2N1. The first-order valence-corrected chi connectivity index (χ1v) is 4.92. The zero-order valence-corrected chi connectivity index (χ0v) is 8.71. The Morgan fingerprint density at radius 3 is 2.54 bits per heavy atom. The maximum absolute atomic E-state index is 5.89. The fourth-order valence-corrected chi connectivity index (χ4v) is 1.72. The summed E-state index contributed by atoms with van der Waals surface area (Å²) >= 11 is 11.8. The zero-order valence-electron chi connectivity index (χ0n) is 7.20. The van der Waals surface area contributed by atoms with Gasteiger partial charge in [0.05, 0.1) is 21.4 Å². The van der Waals surface area contributed by atoms with Gasteiger partial charge in [-0.3, -0.25) is 0 Å². The molecular weight excluding hydrogens is 207 g/mol. The fraction of sp³-hybridized carbons (Fsp3) is 0.333. The normalized spacial score (nSPS) is 20.1. The second kappa shape index (κ2) is 3.28. The number of hydrogen-bond donors (Lipinski definition) is 2. The lowest BCUT2D eigenvalue weighted by atomic mass is 10.2. The monoisotopic (exact) mass is 216 g/mol. The molecule has 1 heterocycles. The van der Waals surface area contributed by atoms with Crippen molar-refractivity contribution in [1.29, 1.82) is 0 Å². The van der Waals surface area contributed by atoms with Crippen LogP contribution in [0, 0.1) is 0 Å². The van der Waals surface area contributed by atoms with Gasteiger partial charge in [-0.2, -0.15) is 0 Å². The second-order valence-corrected chi connectivity index (χ2v) is 4.05. The van der Waals surface area contributed by atoms with Crippen LogP contribution in [0.1, 0.15) is 6.92 Å². The van der Waals surface area contributed by atoms with Crippen molar-refractivity contribution in [3.8, 4) is 0 Å². The molecule has 0 bridgehead atoms. The quantitative estimate of drug-likeness (QED) is 0.697. The fourth-order valence-electron chi connectivity index (χ4n) is 1.39. The maximum Gasteiger partial charge on any atom is 0.0614 e. The van der Waals surface area contributed by atoms with E-state index in [1.165, 1.54) is 0 Å². The molecule has 1 aliphatic heterocycles. The summed E-state index contributed by atoms with van der Waals surface area (Å²) in [4.78, 5) is 0. The molecule has 1 atom stereocenters. The highest BCUT2D eigenvalue weighted by Gasteiger charge is 2.14. The van der Waals surface area contributed by atoms with Gasteiger partial charge < -0.3 is 10.6 Å². The summed E-state index contributed by atoms with van der Waals surface area (Å²) in [6, 6.07) is 4.12. The van der Waals surface area contributed by atoms with Gasteiger partial charge in [0.25, 0.3) is 0 Å². The van der Waals surface area contributed by atoms with Gasteiger partial charge in [-0.1, -0.05) is 23.2 Å². The molecule has 0 saturated heterocycles. The highest BCUT2D eigenvalue weighted by Crippen LogP contribution is 2.34. The molecule has 0 unspecified atom stereocenters. The molecule has 0 aromatic heterocycles. The predicted molar refractivity (Wildman–Crippen MR) is 58.0 cm³/mol. The van der Waals surface area contributed by atoms with Crippen molar-refractivity contribution in [3.63, 3.8) is 0 Å². The zero-order chi connectivity index (χ0) is 9.42. The first-order chi connectivity index (χ1) is 6.16. The molecule has 0 amide bonds. The molecule has 1 aromatic carbocycles. The highest BCUT2D eigenvalue weighted by atomic mass is 35.5. The van der Waals surface area contributed by atoms with Crippen LogP contribution in [0.5, 0.6) is 0 Å². The third-order valence-electron chi connectivity index (χ3n) is 2.06. The minimum absolute atomic E-state index is 0.421. The Bertz CT molecular complexity index is 339. The van der Waals surface area contributed by atoms with Gasteiger partial charge in [-0.15, -0.1) is 0 Å². The molecule has 1 aliphatic rings. The molecule has 0 aliphatic carbocycles. The van der Waals surface area contributed by atoms with Crippen molar-refractivity contribution in [2.75, 3.05) is 17.2 Å². The lowest BCUT2D eigenvalue weighted by Crippen LogP contribution is -2.29. The van der Waals surface area contributed by atoms with Crippen molar-refractivity contribution < 1.29 is 0 Å². The van der Waals surface area contributed by atoms with Crippen LogP contribution in [0.15, 0.2) is 12.1 Å². The number of hydrogen-bond acceptors (Lipinski definition) is 2. The Morgan fingerprint density at radius 2 is 1.85 bits per heavy atom. The van der Waals surface area contributed by atoms with Crippen molar-refractivity contribution in [2.45, 2.75) is 13.0 Å². The molecule has 1 aromatic rings. The summed E-state index contributed by atoms with van der Waals surface area (Å²) in [6.07, 6.45) is 0. The molecule has 4 heteroatoms. The van der Waals surface area contributed by atoms with Gasteiger partial charge in [0.1, 0.15) is 0 Å². The van der Waals surface area contributed by atoms with E-state index in [1.807, 2.05) is 12.1 Å². The van der Waals surface area contributed by atoms with E-state index in [4.69, 9.17) is 23.2 Å². The molecule has 2 rings (SSSR count). The van der Waals surface area contributed by atoms with Crippen LogP contribution in [-0.2, 0) is 0 Å². The van der Waals surface area contributed by atoms with Crippen LogP contribution in [0.2, 0.25) is 10.0 Å². The third kappa shape index (κ3) is 1.69. The standard InChI is InChI=1S/C9H10Cl2N2/c1-5-4-12-8-2-6(10)7(11)3-9(8)13-5/h2-3,5,12-13H,4H2,1H3/t5-/m1/s1. The first-order valence-electron chi connectivity index (χ1n) is 4.16. The number of nitrogens with one attached hydrogen (secondary N) is 2. The highest BCUT2D eigenvalue weighted by molar-refractivity contribution is 6.42. The molecular formula is C9H10Cl2N2. The summed E-state index contributed by atoms with van der Waals surface area (Å²) in [6.45, 7) is 3.02. The maximum atomic E-state index is 5.89. The van der Waals surface area contributed by atoms with Crippen molar-refractivity contribution in [1.82, 2.24) is 0 Å². The summed E-state index contributed by atoms with van der Waals surface area (Å²) in [5.41, 5.74) is 2.04. The number of fused-ring (bicyclic) bond motifs is 1. The molecule has 13 heavy (non-hydrogen) atoms. The Labute approximate surface area is 87.2 Å². The van der Waals surface area contributed by atoms with E-state index in [-0.39, 0.29) is 0 Å². The van der Waals surface area contributed by atoms with Crippen molar-refractivity contribution >= 4 is 34.6 Å². The molecule has 70 valence electrons. The number of rotatable bonds is 0. The molecule has 0 spiro atoms. The minimum atomic E-state index is 0.421. The lowest BCUT2D eigenvalue weighted by molar-refractivity contribution is 0.818. The number of anilines is 2. The predicted octanol–water partition coefficient (Wildman–Crippen LogP) is 3.22. The summed E-state index contributed by atoms with van der Waals surface area (Å²) in [5.74, 6) is 0. The van der Waals surface area contributed by atoms with E-state index in [9.17, 15) is 0 Å². The van der Waals surface area contributed by atoms with E-state index >= 15 is 0 Å². The molecule has 2 N–H and O–H groups in total. The summed E-state index contributed by atoms with van der Waals surface area (Å²) in [5, 5.41) is 7.77. The van der Waals surface area contributed by atoms with E-state index in [0.29, 0.717) is 16.1 Å². The van der Waals surface area contributed by atoms with E-state index < -0.39 is 0 Å². The Kier molecular flexibility index (Phi) is 2.26. The average Bonchev–Trinajstić information content (AvgIpc) is 2.08. The van der Waals surface area contributed by atoms with Crippen LogP contribution in [0.25, 0.3) is 0 Å². The van der Waals surface area contributed by atoms with E-state index in [0.717, 1.165) is 17.9 Å². The molecule has 0 radical (unpaired) electrons. The molecule has 0 saturated carbocycles. The van der Waals surface area contributed by atoms with Crippen LogP contribution in [0.4, 0.5) is 11.4 Å². The van der Waals surface area contributed by atoms with Crippen LogP contribution in [-0.4, -0.2) is 12.6 Å². The van der Waals surface area contributed by atoms with Crippen molar-refractivity contribution in [2.24, 2.45) is 0 Å². The average molecular weight is 217 g/mol. The topological polar surface area (TPSA) is 24.1 Å². The Hall–Kier alpha value is -0.600. The molecule has 0 fully saturated rings. The largest absolute Gasteiger partial charge is 0.381 e. The number of benzene rings is 1. The summed E-state index contributed by atoms with van der Waals surface area (Å²) in [7, 11) is 0. The Balaban J connectivity index is 2.43. The van der Waals surface area contributed by atoms with Gasteiger partial charge in [-0.05, 0) is 19.1 Å². The van der Waals surface area contributed by atoms with Gasteiger partial charge >= 0.3 is 0 Å².